The first-order chi connectivity index (χ1) is 16.4. The molecule has 0 radical (unpaired) electrons. The van der Waals surface area contributed by atoms with Gasteiger partial charge < -0.3 is 9.30 Å². The Balaban J connectivity index is 1.43. The third-order valence-corrected chi connectivity index (χ3v) is 9.46. The number of nitrogens with zero attached hydrogens (tertiary/aromatic N) is 3. The maximum atomic E-state index is 13.1. The van der Waals surface area contributed by atoms with Crippen molar-refractivity contribution in [2.24, 2.45) is 0 Å². The van der Waals surface area contributed by atoms with Gasteiger partial charge in [-0.1, -0.05) is 36.7 Å². The molecule has 0 unspecified atom stereocenters. The number of thioether (sulfide) groups is 1. The molecule has 0 amide bonds. The summed E-state index contributed by atoms with van der Waals surface area (Å²) in [6.45, 7) is -1.70. The molecule has 0 N–H and O–H groups in total. The standard InChI is InChI=1S/C24H27F2N3O3S2/c25-23(26)32-19-9-7-17(8-10-19)16-33-24-27-21-15-20(34(30,31)28-13-3-4-14-28)11-12-22(21)29(24)18-5-1-2-6-18/h7-12,15,18,23H,1-6,13-14,16H2. The van der Waals surface area contributed by atoms with Crippen LogP contribution >= 0.6 is 11.8 Å². The molecule has 3 aromatic rings. The first kappa shape index (κ1) is 23.6. The third kappa shape index (κ3) is 4.81. The number of hydrogen-bond donors (Lipinski definition) is 0. The molecule has 1 aliphatic heterocycles. The Hall–Kier alpha value is -2.17. The number of fused-ring (bicyclic) bond motifs is 1. The van der Waals surface area contributed by atoms with Crippen molar-refractivity contribution < 1.29 is 21.9 Å². The minimum Gasteiger partial charge on any atom is -0.435 e. The zero-order valence-corrected chi connectivity index (χ0v) is 20.3. The Labute approximate surface area is 202 Å². The van der Waals surface area contributed by atoms with Crippen LogP contribution in [0.2, 0.25) is 0 Å². The molecule has 10 heteroatoms. The number of halogens is 2. The van der Waals surface area contributed by atoms with E-state index < -0.39 is 16.6 Å². The van der Waals surface area contributed by atoms with Crippen LogP contribution in [-0.4, -0.2) is 42.0 Å². The normalized spacial score (nSPS) is 17.9. The van der Waals surface area contributed by atoms with Gasteiger partial charge in [0.15, 0.2) is 5.16 Å². The third-order valence-electron chi connectivity index (χ3n) is 6.54. The molecule has 2 aromatic carbocycles. The van der Waals surface area contributed by atoms with Crippen LogP contribution in [0.1, 0.15) is 50.1 Å². The van der Waals surface area contributed by atoms with E-state index in [0.29, 0.717) is 35.3 Å². The maximum absolute atomic E-state index is 13.1. The summed E-state index contributed by atoms with van der Waals surface area (Å²) >= 11 is 1.57. The summed E-state index contributed by atoms with van der Waals surface area (Å²) in [5, 5.41) is 0.852. The molecule has 0 atom stereocenters. The number of sulfonamides is 1. The van der Waals surface area contributed by atoms with Crippen molar-refractivity contribution in [1.82, 2.24) is 13.9 Å². The maximum Gasteiger partial charge on any atom is 0.387 e. The van der Waals surface area contributed by atoms with Gasteiger partial charge in [-0.05, 0) is 61.6 Å². The van der Waals surface area contributed by atoms with Crippen LogP contribution in [0.4, 0.5) is 8.78 Å². The van der Waals surface area contributed by atoms with Gasteiger partial charge in [0, 0.05) is 24.9 Å². The average molecular weight is 508 g/mol. The van der Waals surface area contributed by atoms with E-state index in [1.54, 1.807) is 40.3 Å². The molecule has 34 heavy (non-hydrogen) atoms. The first-order valence-electron chi connectivity index (χ1n) is 11.6. The highest BCUT2D eigenvalue weighted by Crippen LogP contribution is 2.38. The molecular weight excluding hydrogens is 480 g/mol. The molecular formula is C24H27F2N3O3S2. The summed E-state index contributed by atoms with van der Waals surface area (Å²) in [6.07, 6.45) is 6.28. The Morgan fingerprint density at radius 3 is 2.41 bits per heavy atom. The second kappa shape index (κ2) is 9.83. The molecule has 1 aromatic heterocycles. The van der Waals surface area contributed by atoms with Crippen molar-refractivity contribution in [2.45, 2.75) is 67.0 Å². The Morgan fingerprint density at radius 2 is 1.74 bits per heavy atom. The Morgan fingerprint density at radius 1 is 1.03 bits per heavy atom. The second-order valence-electron chi connectivity index (χ2n) is 8.78. The average Bonchev–Trinajstić information content (AvgIpc) is 3.58. The monoisotopic (exact) mass is 507 g/mol. The minimum atomic E-state index is -3.51. The van der Waals surface area contributed by atoms with E-state index in [-0.39, 0.29) is 5.75 Å². The van der Waals surface area contributed by atoms with E-state index in [1.165, 1.54) is 25.0 Å². The van der Waals surface area contributed by atoms with Crippen molar-refractivity contribution in [3.63, 3.8) is 0 Å². The van der Waals surface area contributed by atoms with E-state index in [1.807, 2.05) is 6.07 Å². The van der Waals surface area contributed by atoms with Crippen LogP contribution < -0.4 is 4.74 Å². The van der Waals surface area contributed by atoms with Gasteiger partial charge in [-0.15, -0.1) is 0 Å². The molecule has 182 valence electrons. The predicted molar refractivity (Wildman–Crippen MR) is 128 cm³/mol. The van der Waals surface area contributed by atoms with Crippen molar-refractivity contribution >= 4 is 32.8 Å². The van der Waals surface area contributed by atoms with Gasteiger partial charge in [-0.3, -0.25) is 0 Å². The highest BCUT2D eigenvalue weighted by atomic mass is 32.2. The van der Waals surface area contributed by atoms with E-state index >= 15 is 0 Å². The van der Waals surface area contributed by atoms with Crippen molar-refractivity contribution in [2.75, 3.05) is 13.1 Å². The summed E-state index contributed by atoms with van der Waals surface area (Å²) in [4.78, 5) is 5.14. The van der Waals surface area contributed by atoms with E-state index in [2.05, 4.69) is 9.30 Å². The van der Waals surface area contributed by atoms with Gasteiger partial charge in [0.05, 0.1) is 15.9 Å². The zero-order chi connectivity index (χ0) is 23.7. The van der Waals surface area contributed by atoms with Crippen LogP contribution in [0.25, 0.3) is 11.0 Å². The topological polar surface area (TPSA) is 64.4 Å². The highest BCUT2D eigenvalue weighted by Gasteiger charge is 2.29. The smallest absolute Gasteiger partial charge is 0.387 e. The lowest BCUT2D eigenvalue weighted by Gasteiger charge is -2.17. The molecule has 0 bridgehead atoms. The summed E-state index contributed by atoms with van der Waals surface area (Å²) in [5.74, 6) is 0.748. The summed E-state index contributed by atoms with van der Waals surface area (Å²) in [5.41, 5.74) is 2.61. The first-order valence-corrected chi connectivity index (χ1v) is 14.0. The van der Waals surface area contributed by atoms with Crippen molar-refractivity contribution in [3.05, 3.63) is 48.0 Å². The molecule has 6 nitrogen and oxygen atoms in total. The SMILES string of the molecule is O=S(=O)(c1ccc2c(c1)nc(SCc1ccc(OC(F)F)cc1)n2C1CCCC1)N1CCCC1. The second-order valence-corrected chi connectivity index (χ2v) is 11.7. The molecule has 0 spiro atoms. The summed E-state index contributed by atoms with van der Waals surface area (Å²) in [6, 6.07) is 12.3. The summed E-state index contributed by atoms with van der Waals surface area (Å²) in [7, 11) is -3.51. The number of ether oxygens (including phenoxy) is 1. The van der Waals surface area contributed by atoms with Crippen LogP contribution in [0.15, 0.2) is 52.5 Å². The fraction of sp³-hybridized carbons (Fsp3) is 0.458. The fourth-order valence-electron chi connectivity index (χ4n) is 4.83. The number of benzene rings is 2. The minimum absolute atomic E-state index is 0.133. The Bertz CT molecular complexity index is 1250. The van der Waals surface area contributed by atoms with Crippen LogP contribution in [0.3, 0.4) is 0 Å². The van der Waals surface area contributed by atoms with Crippen LogP contribution in [0, 0.1) is 0 Å². The van der Waals surface area contributed by atoms with E-state index in [0.717, 1.165) is 41.9 Å². The highest BCUT2D eigenvalue weighted by molar-refractivity contribution is 7.98. The van der Waals surface area contributed by atoms with Crippen molar-refractivity contribution in [1.29, 1.82) is 0 Å². The number of imidazole rings is 1. The molecule has 5 rings (SSSR count). The number of aromatic nitrogens is 2. The van der Waals surface area contributed by atoms with Crippen molar-refractivity contribution in [3.8, 4) is 5.75 Å². The summed E-state index contributed by atoms with van der Waals surface area (Å²) < 4.78 is 59.1. The van der Waals surface area contributed by atoms with Gasteiger partial charge in [0.25, 0.3) is 0 Å². The van der Waals surface area contributed by atoms with Gasteiger partial charge in [-0.2, -0.15) is 13.1 Å². The quantitative estimate of drug-likeness (QED) is 0.359. The molecule has 2 heterocycles. The molecule has 1 saturated carbocycles. The van der Waals surface area contributed by atoms with E-state index in [9.17, 15) is 17.2 Å². The van der Waals surface area contributed by atoms with E-state index in [4.69, 9.17) is 4.98 Å². The lowest BCUT2D eigenvalue weighted by atomic mass is 10.2. The Kier molecular flexibility index (Phi) is 6.81. The number of rotatable bonds is 8. The lowest BCUT2D eigenvalue weighted by molar-refractivity contribution is -0.0498. The molecule has 2 aliphatic rings. The van der Waals surface area contributed by atoms with Crippen LogP contribution in [0.5, 0.6) is 5.75 Å². The molecule has 1 saturated heterocycles. The van der Waals surface area contributed by atoms with Gasteiger partial charge in [-0.25, -0.2) is 13.4 Å². The number of alkyl halides is 2. The fourth-order valence-corrected chi connectivity index (χ4v) is 7.40. The van der Waals surface area contributed by atoms with Gasteiger partial charge >= 0.3 is 6.61 Å². The predicted octanol–water partition coefficient (Wildman–Crippen LogP) is 5.83. The largest absolute Gasteiger partial charge is 0.435 e. The molecule has 1 aliphatic carbocycles. The number of hydrogen-bond acceptors (Lipinski definition) is 5. The lowest BCUT2D eigenvalue weighted by Crippen LogP contribution is -2.27. The van der Waals surface area contributed by atoms with Gasteiger partial charge in [0.1, 0.15) is 5.75 Å². The molecule has 2 fully saturated rings. The van der Waals surface area contributed by atoms with Gasteiger partial charge in [0.2, 0.25) is 10.0 Å². The van der Waals surface area contributed by atoms with Crippen LogP contribution in [-0.2, 0) is 15.8 Å². The zero-order valence-electron chi connectivity index (χ0n) is 18.7.